The summed E-state index contributed by atoms with van der Waals surface area (Å²) in [5.74, 6) is 0.597. The second kappa shape index (κ2) is 9.27. The van der Waals surface area contributed by atoms with Crippen molar-refractivity contribution >= 4 is 23.5 Å². The molecule has 0 spiro atoms. The summed E-state index contributed by atoms with van der Waals surface area (Å²) in [5, 5.41) is 13.4. The Labute approximate surface area is 167 Å². The van der Waals surface area contributed by atoms with Crippen LogP contribution in [0.5, 0.6) is 5.75 Å². The summed E-state index contributed by atoms with van der Waals surface area (Å²) in [5.41, 5.74) is 2.26. The lowest BCUT2D eigenvalue weighted by Gasteiger charge is -2.07. The van der Waals surface area contributed by atoms with Crippen molar-refractivity contribution in [3.05, 3.63) is 99.7 Å². The van der Waals surface area contributed by atoms with Crippen LogP contribution in [0.2, 0.25) is 0 Å². The van der Waals surface area contributed by atoms with E-state index in [4.69, 9.17) is 4.74 Å². The number of hydrogen-bond donors (Lipinski definition) is 1. The molecule has 0 radical (unpaired) electrons. The smallest absolute Gasteiger partial charge is 0.287 e. The first kappa shape index (κ1) is 19.8. The molecule has 0 fully saturated rings. The Balaban J connectivity index is 1.60. The maximum atomic E-state index is 12.1. The lowest BCUT2D eigenvalue weighted by molar-refractivity contribution is -0.385. The van der Waals surface area contributed by atoms with E-state index in [9.17, 15) is 14.9 Å². The first-order valence-corrected chi connectivity index (χ1v) is 8.88. The van der Waals surface area contributed by atoms with Gasteiger partial charge in [-0.15, -0.1) is 0 Å². The third kappa shape index (κ3) is 5.74. The lowest BCUT2D eigenvalue weighted by atomic mass is 10.2. The van der Waals surface area contributed by atoms with E-state index >= 15 is 0 Å². The van der Waals surface area contributed by atoms with Gasteiger partial charge in [0.15, 0.2) is 0 Å². The summed E-state index contributed by atoms with van der Waals surface area (Å²) >= 11 is 0. The van der Waals surface area contributed by atoms with Crippen molar-refractivity contribution in [2.75, 3.05) is 5.32 Å². The standard InChI is InChI=1S/C22H19N3O4/c1-16-12-19(25(27)28)14-23-22(16)24-21(26)11-10-17-8-5-9-20(13-17)29-15-18-6-3-2-4-7-18/h2-14H,15H2,1H3,(H,23,24,26)/b11-10+. The molecule has 3 aromatic rings. The Morgan fingerprint density at radius 3 is 2.69 bits per heavy atom. The van der Waals surface area contributed by atoms with Crippen LogP contribution in [0.15, 0.2) is 72.9 Å². The highest BCUT2D eigenvalue weighted by molar-refractivity contribution is 6.01. The average molecular weight is 389 g/mol. The summed E-state index contributed by atoms with van der Waals surface area (Å²) in [4.78, 5) is 26.3. The molecule has 1 heterocycles. The third-order valence-electron chi connectivity index (χ3n) is 4.05. The molecule has 2 aromatic carbocycles. The molecule has 7 heteroatoms. The molecule has 3 rings (SSSR count). The molecule has 1 amide bonds. The van der Waals surface area contributed by atoms with Gasteiger partial charge in [0.05, 0.1) is 4.92 Å². The van der Waals surface area contributed by atoms with Crippen LogP contribution < -0.4 is 10.1 Å². The SMILES string of the molecule is Cc1cc([N+](=O)[O-])cnc1NC(=O)/C=C/c1cccc(OCc2ccccc2)c1. The van der Waals surface area contributed by atoms with Crippen LogP contribution >= 0.6 is 0 Å². The number of pyridine rings is 1. The Hall–Kier alpha value is -4.00. The number of nitrogens with zero attached hydrogens (tertiary/aromatic N) is 2. The largest absolute Gasteiger partial charge is 0.489 e. The molecular formula is C22H19N3O4. The summed E-state index contributed by atoms with van der Waals surface area (Å²) in [6, 6.07) is 18.6. The van der Waals surface area contributed by atoms with Gasteiger partial charge in [0.1, 0.15) is 24.4 Å². The molecule has 0 atom stereocenters. The monoisotopic (exact) mass is 389 g/mol. The first-order chi connectivity index (χ1) is 14.0. The van der Waals surface area contributed by atoms with Crippen LogP contribution in [-0.4, -0.2) is 15.8 Å². The van der Waals surface area contributed by atoms with Crippen molar-refractivity contribution in [2.45, 2.75) is 13.5 Å². The molecule has 1 aromatic heterocycles. The second-order valence-electron chi connectivity index (χ2n) is 6.29. The Morgan fingerprint density at radius 1 is 1.17 bits per heavy atom. The van der Waals surface area contributed by atoms with Crippen molar-refractivity contribution in [3.8, 4) is 5.75 Å². The van der Waals surface area contributed by atoms with Crippen LogP contribution in [-0.2, 0) is 11.4 Å². The molecule has 146 valence electrons. The first-order valence-electron chi connectivity index (χ1n) is 8.88. The minimum absolute atomic E-state index is 0.122. The molecule has 0 bridgehead atoms. The van der Waals surface area contributed by atoms with Crippen LogP contribution in [0.1, 0.15) is 16.7 Å². The van der Waals surface area contributed by atoms with Crippen molar-refractivity contribution in [1.82, 2.24) is 4.98 Å². The number of carbonyl (C=O) groups excluding carboxylic acids is 1. The second-order valence-corrected chi connectivity index (χ2v) is 6.29. The Morgan fingerprint density at radius 2 is 1.97 bits per heavy atom. The minimum atomic E-state index is -0.529. The topological polar surface area (TPSA) is 94.4 Å². The predicted octanol–water partition coefficient (Wildman–Crippen LogP) is 4.53. The molecule has 7 nitrogen and oxygen atoms in total. The minimum Gasteiger partial charge on any atom is -0.489 e. The zero-order valence-corrected chi connectivity index (χ0v) is 15.7. The number of anilines is 1. The number of carbonyl (C=O) groups is 1. The Kier molecular flexibility index (Phi) is 6.32. The maximum Gasteiger partial charge on any atom is 0.287 e. The predicted molar refractivity (Wildman–Crippen MR) is 111 cm³/mol. The van der Waals surface area contributed by atoms with E-state index in [0.29, 0.717) is 17.9 Å². The highest BCUT2D eigenvalue weighted by Gasteiger charge is 2.10. The van der Waals surface area contributed by atoms with Gasteiger partial charge in [-0.25, -0.2) is 4.98 Å². The van der Waals surface area contributed by atoms with Crippen molar-refractivity contribution < 1.29 is 14.5 Å². The van der Waals surface area contributed by atoms with E-state index in [0.717, 1.165) is 17.3 Å². The van der Waals surface area contributed by atoms with Crippen molar-refractivity contribution in [1.29, 1.82) is 0 Å². The zero-order chi connectivity index (χ0) is 20.6. The number of nitrogens with one attached hydrogen (secondary N) is 1. The highest BCUT2D eigenvalue weighted by atomic mass is 16.6. The van der Waals surface area contributed by atoms with Gasteiger partial charge in [-0.3, -0.25) is 14.9 Å². The summed E-state index contributed by atoms with van der Waals surface area (Å²) < 4.78 is 5.78. The van der Waals surface area contributed by atoms with Gasteiger partial charge in [0.2, 0.25) is 5.91 Å². The number of hydrogen-bond acceptors (Lipinski definition) is 5. The van der Waals surface area contributed by atoms with Crippen LogP contribution in [0, 0.1) is 17.0 Å². The number of rotatable bonds is 7. The fourth-order valence-electron chi connectivity index (χ4n) is 2.57. The van der Waals surface area contributed by atoms with Gasteiger partial charge in [0.25, 0.3) is 5.69 Å². The molecular weight excluding hydrogens is 370 g/mol. The van der Waals surface area contributed by atoms with E-state index in [1.807, 2.05) is 54.6 Å². The van der Waals surface area contributed by atoms with E-state index in [1.165, 1.54) is 12.1 Å². The fourth-order valence-corrected chi connectivity index (χ4v) is 2.57. The summed E-state index contributed by atoms with van der Waals surface area (Å²) in [7, 11) is 0. The number of benzene rings is 2. The van der Waals surface area contributed by atoms with Crippen LogP contribution in [0.4, 0.5) is 11.5 Å². The van der Waals surface area contributed by atoms with E-state index in [1.54, 1.807) is 13.0 Å². The summed E-state index contributed by atoms with van der Waals surface area (Å²) in [6.07, 6.45) is 4.14. The molecule has 0 unspecified atom stereocenters. The number of ether oxygens (including phenoxy) is 1. The van der Waals surface area contributed by atoms with Gasteiger partial charge in [-0.2, -0.15) is 0 Å². The zero-order valence-electron chi connectivity index (χ0n) is 15.7. The van der Waals surface area contributed by atoms with Crippen LogP contribution in [0.25, 0.3) is 6.08 Å². The van der Waals surface area contributed by atoms with Crippen molar-refractivity contribution in [2.24, 2.45) is 0 Å². The van der Waals surface area contributed by atoms with E-state index < -0.39 is 4.92 Å². The number of nitro groups is 1. The molecule has 0 saturated heterocycles. The molecule has 0 aliphatic heterocycles. The number of amides is 1. The number of aryl methyl sites for hydroxylation is 1. The van der Waals surface area contributed by atoms with Gasteiger partial charge >= 0.3 is 0 Å². The molecule has 0 aliphatic carbocycles. The maximum absolute atomic E-state index is 12.1. The van der Waals surface area contributed by atoms with E-state index in [-0.39, 0.29) is 17.4 Å². The normalized spacial score (nSPS) is 10.7. The molecule has 0 aliphatic rings. The third-order valence-corrected chi connectivity index (χ3v) is 4.05. The molecule has 1 N–H and O–H groups in total. The number of aromatic nitrogens is 1. The highest BCUT2D eigenvalue weighted by Crippen LogP contribution is 2.19. The van der Waals surface area contributed by atoms with Gasteiger partial charge in [-0.1, -0.05) is 42.5 Å². The average Bonchev–Trinajstić information content (AvgIpc) is 2.73. The van der Waals surface area contributed by atoms with Crippen LogP contribution in [0.3, 0.4) is 0 Å². The summed E-state index contributed by atoms with van der Waals surface area (Å²) in [6.45, 7) is 2.10. The van der Waals surface area contributed by atoms with Gasteiger partial charge < -0.3 is 10.1 Å². The lowest BCUT2D eigenvalue weighted by Crippen LogP contribution is -2.10. The molecule has 0 saturated carbocycles. The fraction of sp³-hybridized carbons (Fsp3) is 0.0909. The molecule has 29 heavy (non-hydrogen) atoms. The quantitative estimate of drug-likeness (QED) is 0.364. The Bertz CT molecular complexity index is 1050. The van der Waals surface area contributed by atoms with Gasteiger partial charge in [-0.05, 0) is 41.8 Å². The van der Waals surface area contributed by atoms with Gasteiger partial charge in [0, 0.05) is 12.1 Å². The van der Waals surface area contributed by atoms with E-state index in [2.05, 4.69) is 10.3 Å². The van der Waals surface area contributed by atoms with Crippen molar-refractivity contribution in [3.63, 3.8) is 0 Å².